The lowest BCUT2D eigenvalue weighted by molar-refractivity contribution is -0.384. The Morgan fingerprint density at radius 1 is 1.52 bits per heavy atom. The molecule has 0 aliphatic heterocycles. The van der Waals surface area contributed by atoms with Gasteiger partial charge in [0.15, 0.2) is 6.10 Å². The van der Waals surface area contributed by atoms with Gasteiger partial charge in [0.25, 0.3) is 5.69 Å². The molecule has 21 heavy (non-hydrogen) atoms. The highest BCUT2D eigenvalue weighted by molar-refractivity contribution is 6.33. The van der Waals surface area contributed by atoms with E-state index >= 15 is 0 Å². The highest BCUT2D eigenvalue weighted by Gasteiger charge is 2.22. The van der Waals surface area contributed by atoms with Crippen molar-refractivity contribution in [1.29, 1.82) is 0 Å². The predicted molar refractivity (Wildman–Crippen MR) is 74.1 cm³/mol. The Hall–Kier alpha value is -2.41. The summed E-state index contributed by atoms with van der Waals surface area (Å²) in [7, 11) is 0. The van der Waals surface area contributed by atoms with E-state index in [0.29, 0.717) is 0 Å². The summed E-state index contributed by atoms with van der Waals surface area (Å²) < 4.78 is 9.59. The molecule has 0 bridgehead atoms. The van der Waals surface area contributed by atoms with Crippen LogP contribution < -0.4 is 0 Å². The second-order valence-electron chi connectivity index (χ2n) is 3.89. The molecule has 0 saturated carbocycles. The van der Waals surface area contributed by atoms with E-state index in [1.165, 1.54) is 13.0 Å². The van der Waals surface area contributed by atoms with Crippen molar-refractivity contribution in [3.8, 4) is 0 Å². The van der Waals surface area contributed by atoms with E-state index in [2.05, 4.69) is 6.58 Å². The number of nitro benzene ring substituents is 1. The number of benzene rings is 1. The van der Waals surface area contributed by atoms with Crippen molar-refractivity contribution in [3.05, 3.63) is 51.6 Å². The largest absolute Gasteiger partial charge is 0.459 e. The van der Waals surface area contributed by atoms with E-state index in [9.17, 15) is 19.7 Å². The van der Waals surface area contributed by atoms with Gasteiger partial charge in [0, 0.05) is 12.1 Å². The predicted octanol–water partition coefficient (Wildman–Crippen LogP) is 2.52. The number of ether oxygens (including phenoxy) is 2. The Morgan fingerprint density at radius 3 is 2.71 bits per heavy atom. The van der Waals surface area contributed by atoms with Gasteiger partial charge in [-0.3, -0.25) is 10.1 Å². The Labute approximate surface area is 125 Å². The minimum Gasteiger partial charge on any atom is -0.459 e. The molecule has 112 valence electrons. The summed E-state index contributed by atoms with van der Waals surface area (Å²) in [5.74, 6) is -1.61. The molecule has 7 nitrogen and oxygen atoms in total. The molecule has 0 fully saturated rings. The molecular formula is C13H12ClNO6. The summed E-state index contributed by atoms with van der Waals surface area (Å²) in [4.78, 5) is 33.2. The molecule has 8 heteroatoms. The Kier molecular flexibility index (Phi) is 5.86. The number of carbonyl (C=O) groups excluding carboxylic acids is 2. The van der Waals surface area contributed by atoms with Gasteiger partial charge in [-0.1, -0.05) is 24.3 Å². The third-order valence-corrected chi connectivity index (χ3v) is 2.66. The third-order valence-electron chi connectivity index (χ3n) is 2.34. The number of non-ortho nitro benzene ring substituents is 1. The van der Waals surface area contributed by atoms with Crippen LogP contribution in [0.2, 0.25) is 5.02 Å². The van der Waals surface area contributed by atoms with Crippen molar-refractivity contribution >= 4 is 29.2 Å². The van der Waals surface area contributed by atoms with Crippen LogP contribution in [0.4, 0.5) is 5.69 Å². The number of hydrogen-bond donors (Lipinski definition) is 0. The van der Waals surface area contributed by atoms with E-state index < -0.39 is 23.0 Å². The molecule has 1 rings (SSSR count). The minimum atomic E-state index is -1.14. The number of nitrogens with zero attached hydrogens (tertiary/aromatic N) is 1. The lowest BCUT2D eigenvalue weighted by Gasteiger charge is -2.12. The first-order chi connectivity index (χ1) is 9.86. The van der Waals surface area contributed by atoms with Gasteiger partial charge in [0.2, 0.25) is 0 Å². The van der Waals surface area contributed by atoms with Crippen LogP contribution >= 0.6 is 11.6 Å². The Balaban J connectivity index is 2.78. The normalized spacial score (nSPS) is 11.3. The minimum absolute atomic E-state index is 0.000980. The fraction of sp³-hybridized carbons (Fsp3) is 0.231. The average molecular weight is 314 g/mol. The van der Waals surface area contributed by atoms with E-state index in [-0.39, 0.29) is 22.9 Å². The first-order valence-corrected chi connectivity index (χ1v) is 6.17. The van der Waals surface area contributed by atoms with E-state index in [1.54, 1.807) is 0 Å². The van der Waals surface area contributed by atoms with Crippen molar-refractivity contribution in [1.82, 2.24) is 0 Å². The molecule has 1 atom stereocenters. The maximum absolute atomic E-state index is 11.8. The highest BCUT2D eigenvalue weighted by atomic mass is 35.5. The van der Waals surface area contributed by atoms with Gasteiger partial charge in [-0.05, 0) is 13.0 Å². The van der Waals surface area contributed by atoms with Crippen LogP contribution in [0.25, 0.3) is 0 Å². The van der Waals surface area contributed by atoms with Gasteiger partial charge in [0.05, 0.1) is 15.5 Å². The average Bonchev–Trinajstić information content (AvgIpc) is 2.44. The lowest BCUT2D eigenvalue weighted by atomic mass is 10.2. The molecule has 0 aliphatic rings. The highest BCUT2D eigenvalue weighted by Crippen LogP contribution is 2.23. The van der Waals surface area contributed by atoms with Gasteiger partial charge in [0.1, 0.15) is 6.61 Å². The molecule has 0 heterocycles. The van der Waals surface area contributed by atoms with E-state index in [0.717, 1.165) is 18.2 Å². The number of carbonyl (C=O) groups is 2. The van der Waals surface area contributed by atoms with Crippen molar-refractivity contribution in [2.75, 3.05) is 6.61 Å². The summed E-state index contributed by atoms with van der Waals surface area (Å²) in [5.41, 5.74) is -0.333. The molecule has 1 aromatic rings. The summed E-state index contributed by atoms with van der Waals surface area (Å²) >= 11 is 5.78. The van der Waals surface area contributed by atoms with Crippen LogP contribution in [-0.4, -0.2) is 29.6 Å². The SMILES string of the molecule is C=CCOC(=O)[C@@H](C)OC(=O)c1ccc([N+](=O)[O-])cc1Cl. The fourth-order valence-electron chi connectivity index (χ4n) is 1.31. The molecular weight excluding hydrogens is 302 g/mol. The van der Waals surface area contributed by atoms with Crippen LogP contribution in [0, 0.1) is 10.1 Å². The zero-order valence-electron chi connectivity index (χ0n) is 11.1. The Morgan fingerprint density at radius 2 is 2.19 bits per heavy atom. The van der Waals surface area contributed by atoms with Crippen LogP contribution in [0.5, 0.6) is 0 Å². The molecule has 0 aliphatic carbocycles. The van der Waals surface area contributed by atoms with Crippen LogP contribution in [0.3, 0.4) is 0 Å². The molecule has 0 unspecified atom stereocenters. The number of esters is 2. The second-order valence-corrected chi connectivity index (χ2v) is 4.29. The maximum Gasteiger partial charge on any atom is 0.347 e. The molecule has 0 radical (unpaired) electrons. The standard InChI is InChI=1S/C13H12ClNO6/c1-3-6-20-12(16)8(2)21-13(17)10-5-4-9(15(18)19)7-11(10)14/h3-5,7-8H,1,6H2,2H3/t8-/m1/s1. The van der Waals surface area contributed by atoms with Crippen LogP contribution in [-0.2, 0) is 14.3 Å². The first-order valence-electron chi connectivity index (χ1n) is 5.79. The molecule has 0 amide bonds. The molecule has 0 spiro atoms. The number of rotatable bonds is 6. The monoisotopic (exact) mass is 313 g/mol. The molecule has 0 aromatic heterocycles. The molecule has 0 saturated heterocycles. The van der Waals surface area contributed by atoms with Gasteiger partial charge in [-0.25, -0.2) is 9.59 Å². The summed E-state index contributed by atoms with van der Waals surface area (Å²) in [6, 6.07) is 3.30. The van der Waals surface area contributed by atoms with Crippen molar-refractivity contribution in [2.24, 2.45) is 0 Å². The lowest BCUT2D eigenvalue weighted by Crippen LogP contribution is -2.26. The van der Waals surface area contributed by atoms with Crippen LogP contribution in [0.1, 0.15) is 17.3 Å². The first kappa shape index (κ1) is 16.6. The molecule has 1 aromatic carbocycles. The van der Waals surface area contributed by atoms with Crippen molar-refractivity contribution < 1.29 is 24.0 Å². The van der Waals surface area contributed by atoms with Crippen molar-refractivity contribution in [3.63, 3.8) is 0 Å². The van der Waals surface area contributed by atoms with Gasteiger partial charge in [-0.2, -0.15) is 0 Å². The third kappa shape index (κ3) is 4.57. The molecule has 0 N–H and O–H groups in total. The number of halogens is 1. The zero-order valence-corrected chi connectivity index (χ0v) is 11.8. The number of nitro groups is 1. The zero-order chi connectivity index (χ0) is 16.0. The summed E-state index contributed by atoms with van der Waals surface area (Å²) in [6.45, 7) is 4.71. The smallest absolute Gasteiger partial charge is 0.347 e. The number of hydrogen-bond acceptors (Lipinski definition) is 6. The van der Waals surface area contributed by atoms with Gasteiger partial charge >= 0.3 is 11.9 Å². The second kappa shape index (κ2) is 7.39. The van der Waals surface area contributed by atoms with Gasteiger partial charge < -0.3 is 9.47 Å². The van der Waals surface area contributed by atoms with Crippen LogP contribution in [0.15, 0.2) is 30.9 Å². The fourth-order valence-corrected chi connectivity index (χ4v) is 1.57. The van der Waals surface area contributed by atoms with Crippen molar-refractivity contribution in [2.45, 2.75) is 13.0 Å². The maximum atomic E-state index is 11.8. The summed E-state index contributed by atoms with van der Waals surface area (Å²) in [5, 5.41) is 10.4. The van der Waals surface area contributed by atoms with E-state index in [1.807, 2.05) is 0 Å². The van der Waals surface area contributed by atoms with Gasteiger partial charge in [-0.15, -0.1) is 0 Å². The van der Waals surface area contributed by atoms with E-state index in [4.69, 9.17) is 21.1 Å². The quantitative estimate of drug-likeness (QED) is 0.346. The Bertz CT molecular complexity index is 586. The summed E-state index contributed by atoms with van der Waals surface area (Å²) in [6.07, 6.45) is 0.239. The topological polar surface area (TPSA) is 95.7 Å².